The lowest BCUT2D eigenvalue weighted by Crippen LogP contribution is -1.95. The lowest BCUT2D eigenvalue weighted by atomic mass is 10.1. The SMILES string of the molecule is Cc1ccc(Nc2ccccc2C#N)c(C)c1. The minimum Gasteiger partial charge on any atom is -0.354 e. The molecule has 1 N–H and O–H groups in total. The lowest BCUT2D eigenvalue weighted by molar-refractivity contribution is 1.36. The molecule has 0 aliphatic heterocycles. The van der Waals surface area contributed by atoms with E-state index >= 15 is 0 Å². The van der Waals surface area contributed by atoms with Gasteiger partial charge < -0.3 is 5.32 Å². The fourth-order valence-electron chi connectivity index (χ4n) is 1.79. The monoisotopic (exact) mass is 222 g/mol. The Labute approximate surface area is 102 Å². The van der Waals surface area contributed by atoms with Crippen LogP contribution in [0.5, 0.6) is 0 Å². The van der Waals surface area contributed by atoms with Crippen LogP contribution in [0.2, 0.25) is 0 Å². The molecule has 0 aliphatic carbocycles. The quantitative estimate of drug-likeness (QED) is 0.836. The number of para-hydroxylation sites is 1. The molecule has 2 aromatic rings. The Hall–Kier alpha value is -2.27. The maximum Gasteiger partial charge on any atom is 0.101 e. The van der Waals surface area contributed by atoms with Crippen molar-refractivity contribution in [2.24, 2.45) is 0 Å². The van der Waals surface area contributed by atoms with Gasteiger partial charge in [0.05, 0.1) is 11.3 Å². The Morgan fingerprint density at radius 2 is 1.76 bits per heavy atom. The van der Waals surface area contributed by atoms with Gasteiger partial charge in [0.25, 0.3) is 0 Å². The number of benzene rings is 2. The molecular formula is C15H14N2. The van der Waals surface area contributed by atoms with Gasteiger partial charge in [-0.15, -0.1) is 0 Å². The second-order valence-electron chi connectivity index (χ2n) is 4.10. The minimum atomic E-state index is 0.660. The van der Waals surface area contributed by atoms with E-state index in [1.165, 1.54) is 11.1 Å². The molecule has 0 bridgehead atoms. The third kappa shape index (κ3) is 2.46. The second-order valence-corrected chi connectivity index (χ2v) is 4.10. The van der Waals surface area contributed by atoms with Crippen LogP contribution in [0, 0.1) is 25.2 Å². The number of nitriles is 1. The predicted molar refractivity (Wildman–Crippen MR) is 70.4 cm³/mol. The van der Waals surface area contributed by atoms with Crippen molar-refractivity contribution < 1.29 is 0 Å². The van der Waals surface area contributed by atoms with Crippen LogP contribution in [0.3, 0.4) is 0 Å². The summed E-state index contributed by atoms with van der Waals surface area (Å²) in [5.74, 6) is 0. The molecule has 0 heterocycles. The predicted octanol–water partition coefficient (Wildman–Crippen LogP) is 3.92. The summed E-state index contributed by atoms with van der Waals surface area (Å²) >= 11 is 0. The molecule has 2 rings (SSSR count). The van der Waals surface area contributed by atoms with Crippen molar-refractivity contribution in [1.29, 1.82) is 5.26 Å². The van der Waals surface area contributed by atoms with E-state index in [9.17, 15) is 0 Å². The number of rotatable bonds is 2. The second kappa shape index (κ2) is 4.71. The lowest BCUT2D eigenvalue weighted by Gasteiger charge is -2.11. The van der Waals surface area contributed by atoms with Crippen molar-refractivity contribution in [2.45, 2.75) is 13.8 Å². The van der Waals surface area contributed by atoms with Gasteiger partial charge in [0.2, 0.25) is 0 Å². The molecule has 0 saturated heterocycles. The first kappa shape index (κ1) is 11.2. The number of nitrogens with zero attached hydrogens (tertiary/aromatic N) is 1. The van der Waals surface area contributed by atoms with E-state index in [1.54, 1.807) is 0 Å². The first-order valence-corrected chi connectivity index (χ1v) is 5.54. The van der Waals surface area contributed by atoms with E-state index in [1.807, 2.05) is 30.3 Å². The molecule has 0 amide bonds. The standard InChI is InChI=1S/C15H14N2/c1-11-7-8-14(12(2)9-11)17-15-6-4-3-5-13(15)10-16/h3-9,17H,1-2H3. The summed E-state index contributed by atoms with van der Waals surface area (Å²) in [7, 11) is 0. The summed E-state index contributed by atoms with van der Waals surface area (Å²) < 4.78 is 0. The van der Waals surface area contributed by atoms with Crippen molar-refractivity contribution in [2.75, 3.05) is 5.32 Å². The van der Waals surface area contributed by atoms with Gasteiger partial charge in [0.1, 0.15) is 6.07 Å². The van der Waals surface area contributed by atoms with Crippen LogP contribution in [0.25, 0.3) is 0 Å². The number of anilines is 2. The molecule has 0 fully saturated rings. The van der Waals surface area contributed by atoms with Crippen molar-refractivity contribution in [1.82, 2.24) is 0 Å². The molecule has 2 heteroatoms. The van der Waals surface area contributed by atoms with Crippen molar-refractivity contribution in [3.8, 4) is 6.07 Å². The summed E-state index contributed by atoms with van der Waals surface area (Å²) in [5, 5.41) is 12.3. The molecule has 2 nitrogen and oxygen atoms in total. The Bertz CT molecular complexity index is 580. The van der Waals surface area contributed by atoms with E-state index < -0.39 is 0 Å². The fourth-order valence-corrected chi connectivity index (χ4v) is 1.79. The summed E-state index contributed by atoms with van der Waals surface area (Å²) in [4.78, 5) is 0. The van der Waals surface area contributed by atoms with Crippen LogP contribution >= 0.6 is 0 Å². The Morgan fingerprint density at radius 1 is 1.00 bits per heavy atom. The van der Waals surface area contributed by atoms with Gasteiger partial charge in [-0.2, -0.15) is 5.26 Å². The number of hydrogen-bond acceptors (Lipinski definition) is 2. The zero-order valence-corrected chi connectivity index (χ0v) is 9.99. The summed E-state index contributed by atoms with van der Waals surface area (Å²) in [6, 6.07) is 15.9. The summed E-state index contributed by atoms with van der Waals surface area (Å²) in [5.41, 5.74) is 4.96. The molecule has 0 unspecified atom stereocenters. The maximum atomic E-state index is 9.02. The molecule has 84 valence electrons. The van der Waals surface area contributed by atoms with Gasteiger partial charge in [0.15, 0.2) is 0 Å². The normalized spacial score (nSPS) is 9.71. The molecule has 0 aliphatic rings. The minimum absolute atomic E-state index is 0.660. The molecule has 17 heavy (non-hydrogen) atoms. The van der Waals surface area contributed by atoms with Gasteiger partial charge in [0, 0.05) is 5.69 Å². The number of nitrogens with one attached hydrogen (secondary N) is 1. The fraction of sp³-hybridized carbons (Fsp3) is 0.133. The highest BCUT2D eigenvalue weighted by Gasteiger charge is 2.03. The Morgan fingerprint density at radius 3 is 2.47 bits per heavy atom. The van der Waals surface area contributed by atoms with Crippen LogP contribution in [0.15, 0.2) is 42.5 Å². The van der Waals surface area contributed by atoms with Gasteiger partial charge in [-0.3, -0.25) is 0 Å². The highest BCUT2D eigenvalue weighted by molar-refractivity contribution is 5.68. The highest BCUT2D eigenvalue weighted by atomic mass is 14.9. The average molecular weight is 222 g/mol. The molecule has 0 radical (unpaired) electrons. The third-order valence-electron chi connectivity index (χ3n) is 2.70. The Kier molecular flexibility index (Phi) is 3.11. The van der Waals surface area contributed by atoms with Crippen LogP contribution in [-0.2, 0) is 0 Å². The molecule has 0 atom stereocenters. The van der Waals surface area contributed by atoms with Crippen LogP contribution < -0.4 is 5.32 Å². The topological polar surface area (TPSA) is 35.8 Å². The molecule has 2 aromatic carbocycles. The average Bonchev–Trinajstić information content (AvgIpc) is 2.33. The van der Waals surface area contributed by atoms with Crippen molar-refractivity contribution in [3.05, 3.63) is 59.2 Å². The van der Waals surface area contributed by atoms with Gasteiger partial charge >= 0.3 is 0 Å². The molecule has 0 aromatic heterocycles. The molecule has 0 saturated carbocycles. The highest BCUT2D eigenvalue weighted by Crippen LogP contribution is 2.23. The Balaban J connectivity index is 2.35. The third-order valence-corrected chi connectivity index (χ3v) is 2.70. The zero-order valence-electron chi connectivity index (χ0n) is 9.99. The number of hydrogen-bond donors (Lipinski definition) is 1. The first-order valence-electron chi connectivity index (χ1n) is 5.54. The number of aryl methyl sites for hydroxylation is 2. The van der Waals surface area contributed by atoms with E-state index in [0.29, 0.717) is 5.56 Å². The van der Waals surface area contributed by atoms with Crippen molar-refractivity contribution in [3.63, 3.8) is 0 Å². The van der Waals surface area contributed by atoms with Crippen molar-refractivity contribution >= 4 is 11.4 Å². The van der Waals surface area contributed by atoms with Crippen LogP contribution in [0.1, 0.15) is 16.7 Å². The summed E-state index contributed by atoms with van der Waals surface area (Å²) in [6.45, 7) is 4.13. The van der Waals surface area contributed by atoms with E-state index in [0.717, 1.165) is 11.4 Å². The first-order chi connectivity index (χ1) is 8.20. The smallest absolute Gasteiger partial charge is 0.101 e. The summed E-state index contributed by atoms with van der Waals surface area (Å²) in [6.07, 6.45) is 0. The van der Waals surface area contributed by atoms with Gasteiger partial charge in [-0.1, -0.05) is 29.8 Å². The van der Waals surface area contributed by atoms with E-state index in [4.69, 9.17) is 5.26 Å². The molecule has 0 spiro atoms. The van der Waals surface area contributed by atoms with E-state index in [-0.39, 0.29) is 0 Å². The van der Waals surface area contributed by atoms with Gasteiger partial charge in [-0.05, 0) is 37.6 Å². The van der Waals surface area contributed by atoms with Crippen LogP contribution in [-0.4, -0.2) is 0 Å². The largest absolute Gasteiger partial charge is 0.354 e. The molecular weight excluding hydrogens is 208 g/mol. The van der Waals surface area contributed by atoms with E-state index in [2.05, 4.69) is 37.4 Å². The maximum absolute atomic E-state index is 9.02. The van der Waals surface area contributed by atoms with Crippen LogP contribution in [0.4, 0.5) is 11.4 Å². The van der Waals surface area contributed by atoms with Gasteiger partial charge in [-0.25, -0.2) is 0 Å². The zero-order chi connectivity index (χ0) is 12.3.